The van der Waals surface area contributed by atoms with Crippen LogP contribution in [0, 0.1) is 35.9 Å². The first-order valence-corrected chi connectivity index (χ1v) is 9.65. The van der Waals surface area contributed by atoms with E-state index < -0.39 is 23.5 Å². The van der Waals surface area contributed by atoms with Gasteiger partial charge in [-0.25, -0.2) is 9.18 Å². The summed E-state index contributed by atoms with van der Waals surface area (Å²) >= 11 is 0. The van der Waals surface area contributed by atoms with E-state index >= 15 is 0 Å². The minimum atomic E-state index is -1.33. The zero-order valence-electron chi connectivity index (χ0n) is 15.4. The largest absolute Gasteiger partial charge is 0.492 e. The second-order valence-electron chi connectivity index (χ2n) is 8.97. The van der Waals surface area contributed by atoms with Crippen LogP contribution in [0.3, 0.4) is 0 Å². The first-order valence-electron chi connectivity index (χ1n) is 9.65. The molecule has 4 fully saturated rings. The molecule has 0 amide bonds. The summed E-state index contributed by atoms with van der Waals surface area (Å²) in [6, 6.07) is 1.21. The standard InChI is InChI=1S/C21H27FO4/c1-11-18(22)17(20(24)25)6-16(12(2)23)19(11)26-10-21-7-13-3-14(8-21)5-15(4-13)9-21/h6,12-15,23H,3-5,7-10H2,1-2H3,(H,24,25). The van der Waals surface area contributed by atoms with E-state index in [9.17, 15) is 19.4 Å². The minimum Gasteiger partial charge on any atom is -0.492 e. The van der Waals surface area contributed by atoms with Gasteiger partial charge in [-0.1, -0.05) is 0 Å². The predicted molar refractivity (Wildman–Crippen MR) is 94.8 cm³/mol. The Balaban J connectivity index is 1.62. The maximum Gasteiger partial charge on any atom is 0.338 e. The van der Waals surface area contributed by atoms with Crippen LogP contribution in [-0.4, -0.2) is 22.8 Å². The highest BCUT2D eigenvalue weighted by Gasteiger charge is 2.51. The molecule has 1 unspecified atom stereocenters. The molecule has 0 aliphatic heterocycles. The summed E-state index contributed by atoms with van der Waals surface area (Å²) in [5.74, 6) is 0.607. The number of carboxylic acids is 1. The summed E-state index contributed by atoms with van der Waals surface area (Å²) in [6.07, 6.45) is 6.66. The Bertz CT molecular complexity index is 705. The van der Waals surface area contributed by atoms with Crippen LogP contribution in [0.15, 0.2) is 6.07 Å². The number of aliphatic hydroxyl groups is 1. The average Bonchev–Trinajstić information content (AvgIpc) is 2.54. The summed E-state index contributed by atoms with van der Waals surface area (Å²) < 4.78 is 20.6. The number of carboxylic acid groups (broad SMARTS) is 1. The van der Waals surface area contributed by atoms with Gasteiger partial charge in [0.15, 0.2) is 0 Å². The van der Waals surface area contributed by atoms with E-state index in [-0.39, 0.29) is 11.0 Å². The van der Waals surface area contributed by atoms with E-state index in [1.807, 2.05) is 0 Å². The molecule has 4 bridgehead atoms. The highest BCUT2D eigenvalue weighted by atomic mass is 19.1. The van der Waals surface area contributed by atoms with Crippen LogP contribution in [0.4, 0.5) is 4.39 Å². The third-order valence-electron chi connectivity index (χ3n) is 6.84. The second kappa shape index (κ2) is 6.22. The van der Waals surface area contributed by atoms with Crippen LogP contribution in [0.25, 0.3) is 0 Å². The molecule has 0 aromatic heterocycles. The van der Waals surface area contributed by atoms with Crippen molar-refractivity contribution in [2.75, 3.05) is 6.61 Å². The summed E-state index contributed by atoms with van der Waals surface area (Å²) in [4.78, 5) is 11.3. The first-order chi connectivity index (χ1) is 12.3. The number of hydrogen-bond acceptors (Lipinski definition) is 3. The maximum absolute atomic E-state index is 14.5. The highest BCUT2D eigenvalue weighted by Crippen LogP contribution is 2.60. The van der Waals surface area contributed by atoms with Crippen LogP contribution >= 0.6 is 0 Å². The molecular formula is C21H27FO4. The number of halogens is 1. The Morgan fingerprint density at radius 2 is 1.81 bits per heavy atom. The second-order valence-corrected chi connectivity index (χ2v) is 8.97. The van der Waals surface area contributed by atoms with Crippen LogP contribution in [0.1, 0.15) is 73.0 Å². The van der Waals surface area contributed by atoms with Gasteiger partial charge in [0.05, 0.1) is 18.3 Å². The van der Waals surface area contributed by atoms with Crippen molar-refractivity contribution in [3.8, 4) is 5.75 Å². The molecule has 1 aromatic rings. The van der Waals surface area contributed by atoms with Crippen molar-refractivity contribution < 1.29 is 24.1 Å². The van der Waals surface area contributed by atoms with Crippen molar-refractivity contribution in [3.05, 3.63) is 28.6 Å². The number of aromatic carboxylic acids is 1. The van der Waals surface area contributed by atoms with Crippen LogP contribution < -0.4 is 4.74 Å². The third-order valence-corrected chi connectivity index (χ3v) is 6.84. The topological polar surface area (TPSA) is 66.8 Å². The van der Waals surface area contributed by atoms with E-state index in [1.54, 1.807) is 6.92 Å². The number of rotatable bonds is 5. The van der Waals surface area contributed by atoms with Crippen molar-refractivity contribution in [2.24, 2.45) is 23.2 Å². The maximum atomic E-state index is 14.5. The predicted octanol–water partition coefficient (Wildman–Crippen LogP) is 4.48. The SMILES string of the molecule is Cc1c(F)c(C(=O)O)cc(C(C)O)c1OCC12CC3CC(CC(C3)C1)C2. The van der Waals surface area contributed by atoms with Crippen LogP contribution in [0.2, 0.25) is 0 Å². The first kappa shape index (κ1) is 17.8. The fourth-order valence-electron chi connectivity index (χ4n) is 6.15. The molecule has 0 spiro atoms. The molecule has 1 atom stereocenters. The lowest BCUT2D eigenvalue weighted by molar-refractivity contribution is -0.0749. The minimum absolute atomic E-state index is 0.166. The van der Waals surface area contributed by atoms with Crippen molar-refractivity contribution in [2.45, 2.75) is 58.5 Å². The van der Waals surface area contributed by atoms with Gasteiger partial charge in [0.2, 0.25) is 0 Å². The molecule has 5 rings (SSSR count). The van der Waals surface area contributed by atoms with Gasteiger partial charge in [0.1, 0.15) is 11.6 Å². The fourth-order valence-corrected chi connectivity index (χ4v) is 6.15. The Morgan fingerprint density at radius 1 is 1.27 bits per heavy atom. The summed E-state index contributed by atoms with van der Waals surface area (Å²) in [5.41, 5.74) is 0.274. The van der Waals surface area contributed by atoms with Gasteiger partial charge in [-0.3, -0.25) is 0 Å². The summed E-state index contributed by atoms with van der Waals surface area (Å²) in [5, 5.41) is 19.3. The lowest BCUT2D eigenvalue weighted by Crippen LogP contribution is -2.48. The lowest BCUT2D eigenvalue weighted by atomic mass is 9.50. The van der Waals surface area contributed by atoms with Crippen molar-refractivity contribution in [3.63, 3.8) is 0 Å². The quantitative estimate of drug-likeness (QED) is 0.810. The number of aliphatic hydroxyl groups excluding tert-OH is 1. The molecule has 142 valence electrons. The van der Waals surface area contributed by atoms with E-state index in [4.69, 9.17) is 4.74 Å². The van der Waals surface area contributed by atoms with E-state index in [1.165, 1.54) is 51.5 Å². The van der Waals surface area contributed by atoms with Gasteiger partial charge in [0, 0.05) is 16.5 Å². The van der Waals surface area contributed by atoms with Gasteiger partial charge in [-0.15, -0.1) is 0 Å². The number of ether oxygens (including phenoxy) is 1. The van der Waals surface area contributed by atoms with Gasteiger partial charge in [-0.2, -0.15) is 0 Å². The van der Waals surface area contributed by atoms with Crippen molar-refractivity contribution in [1.82, 2.24) is 0 Å². The normalized spacial score (nSPS) is 33.3. The Kier molecular flexibility index (Phi) is 4.25. The van der Waals surface area contributed by atoms with Crippen LogP contribution in [0.5, 0.6) is 5.75 Å². The van der Waals surface area contributed by atoms with Gasteiger partial charge >= 0.3 is 5.97 Å². The molecule has 4 aliphatic carbocycles. The molecule has 0 radical (unpaired) electrons. The number of carbonyl (C=O) groups is 1. The molecule has 2 N–H and O–H groups in total. The smallest absolute Gasteiger partial charge is 0.338 e. The molecule has 5 heteroatoms. The monoisotopic (exact) mass is 362 g/mol. The van der Waals surface area contributed by atoms with E-state index in [2.05, 4.69) is 0 Å². The van der Waals surface area contributed by atoms with Crippen molar-refractivity contribution in [1.29, 1.82) is 0 Å². The Hall–Kier alpha value is -1.62. The Morgan fingerprint density at radius 3 is 2.27 bits per heavy atom. The lowest BCUT2D eigenvalue weighted by Gasteiger charge is -2.56. The molecule has 0 heterocycles. The molecule has 4 aliphatic rings. The fraction of sp³-hybridized carbons (Fsp3) is 0.667. The molecule has 4 saturated carbocycles. The van der Waals surface area contributed by atoms with E-state index in [0.717, 1.165) is 17.8 Å². The molecule has 4 nitrogen and oxygen atoms in total. The Labute approximate surface area is 153 Å². The third kappa shape index (κ3) is 2.90. The highest BCUT2D eigenvalue weighted by molar-refractivity contribution is 5.89. The zero-order chi connectivity index (χ0) is 18.6. The number of benzene rings is 1. The number of hydrogen-bond donors (Lipinski definition) is 2. The molecule has 1 aromatic carbocycles. The molecule has 0 saturated heterocycles. The summed E-state index contributed by atoms with van der Waals surface area (Å²) in [7, 11) is 0. The van der Waals surface area contributed by atoms with Crippen LogP contribution in [-0.2, 0) is 0 Å². The zero-order valence-corrected chi connectivity index (χ0v) is 15.4. The molecular weight excluding hydrogens is 335 g/mol. The van der Waals surface area contributed by atoms with Gasteiger partial charge in [-0.05, 0) is 76.2 Å². The average molecular weight is 362 g/mol. The van der Waals surface area contributed by atoms with Gasteiger partial charge < -0.3 is 14.9 Å². The summed E-state index contributed by atoms with van der Waals surface area (Å²) in [6.45, 7) is 3.61. The molecule has 26 heavy (non-hydrogen) atoms. The van der Waals surface area contributed by atoms with Crippen molar-refractivity contribution >= 4 is 5.97 Å². The van der Waals surface area contributed by atoms with Gasteiger partial charge in [0.25, 0.3) is 0 Å². The van der Waals surface area contributed by atoms with E-state index in [0.29, 0.717) is 17.9 Å².